The molecule has 1 N–H and O–H groups in total. The van der Waals surface area contributed by atoms with Crippen molar-refractivity contribution in [1.82, 2.24) is 10.2 Å². The molecule has 1 amide bonds. The van der Waals surface area contributed by atoms with Crippen molar-refractivity contribution in [2.45, 2.75) is 52.2 Å². The molecule has 2 heterocycles. The van der Waals surface area contributed by atoms with Crippen molar-refractivity contribution in [1.29, 1.82) is 0 Å². The van der Waals surface area contributed by atoms with Crippen LogP contribution in [0.5, 0.6) is 0 Å². The van der Waals surface area contributed by atoms with Crippen LogP contribution in [0, 0.1) is 20.8 Å². The third-order valence-electron chi connectivity index (χ3n) is 4.63. The van der Waals surface area contributed by atoms with Gasteiger partial charge in [0.05, 0.1) is 6.04 Å². The van der Waals surface area contributed by atoms with E-state index >= 15 is 0 Å². The average molecular weight is 258 g/mol. The van der Waals surface area contributed by atoms with E-state index in [1.807, 2.05) is 0 Å². The maximum absolute atomic E-state index is 12.1. The average Bonchev–Trinajstić information content (AvgIpc) is 2.72. The molecular weight excluding hydrogens is 236 g/mol. The van der Waals surface area contributed by atoms with Crippen molar-refractivity contribution < 1.29 is 4.79 Å². The van der Waals surface area contributed by atoms with Gasteiger partial charge >= 0.3 is 0 Å². The van der Waals surface area contributed by atoms with E-state index in [2.05, 4.69) is 43.1 Å². The molecule has 1 aromatic carbocycles. The lowest BCUT2D eigenvalue weighted by Gasteiger charge is -2.32. The molecular formula is C16H22N2O. The molecule has 1 aromatic rings. The van der Waals surface area contributed by atoms with E-state index in [-0.39, 0.29) is 18.1 Å². The Labute approximate surface area is 115 Å². The van der Waals surface area contributed by atoms with E-state index in [0.717, 1.165) is 13.0 Å². The van der Waals surface area contributed by atoms with E-state index in [9.17, 15) is 4.79 Å². The number of carbonyl (C=O) groups excluding carboxylic acids is 1. The van der Waals surface area contributed by atoms with Crippen molar-refractivity contribution in [3.8, 4) is 0 Å². The number of nitrogens with zero attached hydrogens (tertiary/aromatic N) is 1. The van der Waals surface area contributed by atoms with Crippen molar-refractivity contribution in [2.24, 2.45) is 0 Å². The summed E-state index contributed by atoms with van der Waals surface area (Å²) in [7, 11) is 0. The molecule has 2 aliphatic rings. The zero-order valence-corrected chi connectivity index (χ0v) is 12.0. The Morgan fingerprint density at radius 1 is 1.11 bits per heavy atom. The Morgan fingerprint density at radius 2 is 1.84 bits per heavy atom. The van der Waals surface area contributed by atoms with E-state index < -0.39 is 0 Å². The van der Waals surface area contributed by atoms with Gasteiger partial charge in [0, 0.05) is 6.54 Å². The van der Waals surface area contributed by atoms with Gasteiger partial charge < -0.3 is 5.32 Å². The van der Waals surface area contributed by atoms with Gasteiger partial charge in [0.15, 0.2) is 0 Å². The fraction of sp³-hybridized carbons (Fsp3) is 0.562. The molecule has 0 aromatic heterocycles. The SMILES string of the molecule is Cc1cc(C)c(C2NC(=O)C3CCCCN32)cc1C. The highest BCUT2D eigenvalue weighted by atomic mass is 16.2. The molecule has 0 radical (unpaired) electrons. The Balaban J connectivity index is 1.98. The molecule has 2 unspecified atom stereocenters. The smallest absolute Gasteiger partial charge is 0.238 e. The van der Waals surface area contributed by atoms with Gasteiger partial charge in [-0.25, -0.2) is 0 Å². The van der Waals surface area contributed by atoms with Crippen LogP contribution in [0.3, 0.4) is 0 Å². The highest BCUT2D eigenvalue weighted by molar-refractivity contribution is 5.84. The largest absolute Gasteiger partial charge is 0.335 e. The summed E-state index contributed by atoms with van der Waals surface area (Å²) in [6.07, 6.45) is 3.46. The summed E-state index contributed by atoms with van der Waals surface area (Å²) in [5.41, 5.74) is 5.16. The highest BCUT2D eigenvalue weighted by Gasteiger charge is 2.41. The van der Waals surface area contributed by atoms with Crippen molar-refractivity contribution in [3.05, 3.63) is 34.4 Å². The van der Waals surface area contributed by atoms with Crippen LogP contribution in [0.2, 0.25) is 0 Å². The molecule has 2 aliphatic heterocycles. The molecule has 0 spiro atoms. The van der Waals surface area contributed by atoms with Gasteiger partial charge in [-0.1, -0.05) is 18.6 Å². The standard InChI is InChI=1S/C16H22N2O/c1-10-8-12(3)13(9-11(10)2)15-17-16(19)14-6-4-5-7-18(14)15/h8-9,14-15H,4-7H2,1-3H3,(H,17,19). The minimum atomic E-state index is 0.0806. The summed E-state index contributed by atoms with van der Waals surface area (Å²) in [5.74, 6) is 0.210. The third kappa shape index (κ3) is 2.06. The van der Waals surface area contributed by atoms with E-state index in [1.54, 1.807) is 0 Å². The number of piperidine rings is 1. The summed E-state index contributed by atoms with van der Waals surface area (Å²) >= 11 is 0. The first-order valence-corrected chi connectivity index (χ1v) is 7.22. The normalized spacial score (nSPS) is 27.2. The molecule has 2 atom stereocenters. The van der Waals surface area contributed by atoms with Gasteiger partial charge in [-0.15, -0.1) is 0 Å². The Bertz CT molecular complexity index is 524. The molecule has 0 bridgehead atoms. The van der Waals surface area contributed by atoms with Gasteiger partial charge in [-0.05, 0) is 55.9 Å². The van der Waals surface area contributed by atoms with Gasteiger partial charge in [-0.2, -0.15) is 0 Å². The molecule has 3 heteroatoms. The lowest BCUT2D eigenvalue weighted by atomic mass is 9.97. The summed E-state index contributed by atoms with van der Waals surface area (Å²) in [4.78, 5) is 14.5. The predicted octanol–water partition coefficient (Wildman–Crippen LogP) is 2.59. The summed E-state index contributed by atoms with van der Waals surface area (Å²) in [5, 5.41) is 3.19. The summed E-state index contributed by atoms with van der Waals surface area (Å²) in [6, 6.07) is 4.57. The first kappa shape index (κ1) is 12.7. The number of aryl methyl sites for hydroxylation is 3. The zero-order valence-electron chi connectivity index (χ0n) is 12.0. The zero-order chi connectivity index (χ0) is 13.6. The molecule has 3 nitrogen and oxygen atoms in total. The number of fused-ring (bicyclic) bond motifs is 1. The maximum Gasteiger partial charge on any atom is 0.238 e. The third-order valence-corrected chi connectivity index (χ3v) is 4.63. The summed E-state index contributed by atoms with van der Waals surface area (Å²) in [6.45, 7) is 7.46. The molecule has 19 heavy (non-hydrogen) atoms. The first-order chi connectivity index (χ1) is 9.08. The van der Waals surface area contributed by atoms with Crippen LogP contribution in [0.4, 0.5) is 0 Å². The maximum atomic E-state index is 12.1. The second-order valence-electron chi connectivity index (χ2n) is 5.95. The number of nitrogens with one attached hydrogen (secondary N) is 1. The van der Waals surface area contributed by atoms with E-state index in [0.29, 0.717) is 0 Å². The topological polar surface area (TPSA) is 32.3 Å². The minimum absolute atomic E-state index is 0.0806. The molecule has 3 rings (SSSR count). The van der Waals surface area contributed by atoms with E-state index in [1.165, 1.54) is 35.1 Å². The van der Waals surface area contributed by atoms with Crippen molar-refractivity contribution in [3.63, 3.8) is 0 Å². The van der Waals surface area contributed by atoms with Crippen LogP contribution in [0.25, 0.3) is 0 Å². The lowest BCUT2D eigenvalue weighted by Crippen LogP contribution is -2.38. The number of rotatable bonds is 1. The van der Waals surface area contributed by atoms with Crippen LogP contribution in [0.15, 0.2) is 12.1 Å². The van der Waals surface area contributed by atoms with Crippen molar-refractivity contribution in [2.75, 3.05) is 6.54 Å². The Hall–Kier alpha value is -1.35. The van der Waals surface area contributed by atoms with Gasteiger partial charge in [-0.3, -0.25) is 9.69 Å². The lowest BCUT2D eigenvalue weighted by molar-refractivity contribution is -0.122. The minimum Gasteiger partial charge on any atom is -0.335 e. The monoisotopic (exact) mass is 258 g/mol. The van der Waals surface area contributed by atoms with E-state index in [4.69, 9.17) is 0 Å². The number of hydrogen-bond donors (Lipinski definition) is 1. The molecule has 2 saturated heterocycles. The molecule has 2 fully saturated rings. The van der Waals surface area contributed by atoms with Gasteiger partial charge in [0.1, 0.15) is 6.17 Å². The number of hydrogen-bond acceptors (Lipinski definition) is 2. The molecule has 102 valence electrons. The molecule has 0 saturated carbocycles. The van der Waals surface area contributed by atoms with Crippen LogP contribution in [-0.4, -0.2) is 23.4 Å². The Kier molecular flexibility index (Phi) is 3.09. The quantitative estimate of drug-likeness (QED) is 0.839. The number of carbonyl (C=O) groups is 1. The van der Waals surface area contributed by atoms with Crippen molar-refractivity contribution >= 4 is 5.91 Å². The van der Waals surface area contributed by atoms with Crippen LogP contribution >= 0.6 is 0 Å². The number of amides is 1. The highest BCUT2D eigenvalue weighted by Crippen LogP contribution is 2.34. The molecule has 0 aliphatic carbocycles. The Morgan fingerprint density at radius 3 is 2.63 bits per heavy atom. The first-order valence-electron chi connectivity index (χ1n) is 7.22. The predicted molar refractivity (Wildman–Crippen MR) is 75.9 cm³/mol. The fourth-order valence-corrected chi connectivity index (χ4v) is 3.39. The van der Waals surface area contributed by atoms with Gasteiger partial charge in [0.2, 0.25) is 5.91 Å². The fourth-order valence-electron chi connectivity index (χ4n) is 3.39. The number of benzene rings is 1. The van der Waals surface area contributed by atoms with Gasteiger partial charge in [0.25, 0.3) is 0 Å². The van der Waals surface area contributed by atoms with Crippen LogP contribution in [0.1, 0.15) is 47.7 Å². The second-order valence-corrected chi connectivity index (χ2v) is 5.95. The van der Waals surface area contributed by atoms with Crippen LogP contribution < -0.4 is 5.32 Å². The second kappa shape index (κ2) is 4.64. The summed E-state index contributed by atoms with van der Waals surface area (Å²) < 4.78 is 0. The van der Waals surface area contributed by atoms with Crippen LogP contribution in [-0.2, 0) is 4.79 Å².